The summed E-state index contributed by atoms with van der Waals surface area (Å²) < 4.78 is 23.7. The Morgan fingerprint density at radius 3 is 2.59 bits per heavy atom. The Bertz CT molecular complexity index is 971. The Hall–Kier alpha value is -2.22. The van der Waals surface area contributed by atoms with Gasteiger partial charge in [-0.05, 0) is 55.7 Å². The zero-order valence-corrected chi connectivity index (χ0v) is 16.7. The molecule has 0 unspecified atom stereocenters. The standard InChI is InChI=1S/C19H20ClFN4OS/c1-23(11-12-26-15-9-7-14(20)8-10-15)13-25-19(27)24(2)18(22-25)16-5-3-4-6-17(16)21/h3-10H,11-13H2,1-2H3. The summed E-state index contributed by atoms with van der Waals surface area (Å²) in [5.41, 5.74) is 0.429. The fraction of sp³-hybridized carbons (Fsp3) is 0.263. The molecule has 0 aliphatic rings. The van der Waals surface area contributed by atoms with Crippen molar-refractivity contribution in [2.75, 3.05) is 20.2 Å². The van der Waals surface area contributed by atoms with Gasteiger partial charge in [-0.15, -0.1) is 0 Å². The molecule has 8 heteroatoms. The van der Waals surface area contributed by atoms with Gasteiger partial charge in [0.1, 0.15) is 18.2 Å². The Kier molecular flexibility index (Phi) is 6.26. The van der Waals surface area contributed by atoms with Crippen molar-refractivity contribution in [1.82, 2.24) is 19.2 Å². The third kappa shape index (κ3) is 4.74. The zero-order valence-electron chi connectivity index (χ0n) is 15.1. The smallest absolute Gasteiger partial charge is 0.199 e. The van der Waals surface area contributed by atoms with Crippen LogP contribution in [-0.2, 0) is 13.7 Å². The largest absolute Gasteiger partial charge is 0.492 e. The molecule has 27 heavy (non-hydrogen) atoms. The first-order valence-corrected chi connectivity index (χ1v) is 9.20. The molecule has 2 aromatic carbocycles. The normalized spacial score (nSPS) is 11.1. The maximum absolute atomic E-state index is 14.1. The molecule has 0 spiro atoms. The van der Waals surface area contributed by atoms with E-state index >= 15 is 0 Å². The molecule has 0 saturated carbocycles. The van der Waals surface area contributed by atoms with Crippen LogP contribution in [0.5, 0.6) is 5.75 Å². The molecule has 0 atom stereocenters. The van der Waals surface area contributed by atoms with Crippen LogP contribution in [0.1, 0.15) is 0 Å². The van der Waals surface area contributed by atoms with E-state index in [1.807, 2.05) is 24.1 Å². The van der Waals surface area contributed by atoms with Gasteiger partial charge in [-0.2, -0.15) is 5.10 Å². The van der Waals surface area contributed by atoms with E-state index in [9.17, 15) is 4.39 Å². The lowest BCUT2D eigenvalue weighted by atomic mass is 10.2. The number of hydrogen-bond acceptors (Lipinski definition) is 4. The van der Waals surface area contributed by atoms with Crippen LogP contribution in [0.15, 0.2) is 48.5 Å². The molecule has 0 radical (unpaired) electrons. The number of benzene rings is 2. The van der Waals surface area contributed by atoms with E-state index in [-0.39, 0.29) is 5.82 Å². The van der Waals surface area contributed by atoms with Crippen LogP contribution in [0, 0.1) is 10.6 Å². The number of nitrogens with zero attached hydrogens (tertiary/aromatic N) is 4. The Labute approximate surface area is 167 Å². The van der Waals surface area contributed by atoms with Gasteiger partial charge in [0.15, 0.2) is 10.6 Å². The van der Waals surface area contributed by atoms with Gasteiger partial charge in [0.25, 0.3) is 0 Å². The van der Waals surface area contributed by atoms with Crippen molar-refractivity contribution in [2.45, 2.75) is 6.67 Å². The molecular weight excluding hydrogens is 387 g/mol. The van der Waals surface area contributed by atoms with E-state index < -0.39 is 0 Å². The third-order valence-corrected chi connectivity index (χ3v) is 4.82. The van der Waals surface area contributed by atoms with Crippen molar-refractivity contribution in [3.8, 4) is 17.1 Å². The van der Waals surface area contributed by atoms with E-state index in [1.165, 1.54) is 6.07 Å². The van der Waals surface area contributed by atoms with Crippen LogP contribution in [0.2, 0.25) is 5.02 Å². The highest BCUT2D eigenvalue weighted by molar-refractivity contribution is 7.71. The van der Waals surface area contributed by atoms with Crippen molar-refractivity contribution in [1.29, 1.82) is 0 Å². The Balaban J connectivity index is 1.63. The average molecular weight is 407 g/mol. The minimum absolute atomic E-state index is 0.322. The molecule has 3 aromatic rings. The first-order chi connectivity index (χ1) is 13.0. The molecule has 0 bridgehead atoms. The lowest BCUT2D eigenvalue weighted by Gasteiger charge is -2.16. The molecule has 142 valence electrons. The molecule has 0 saturated heterocycles. The van der Waals surface area contributed by atoms with Crippen LogP contribution in [0.4, 0.5) is 4.39 Å². The van der Waals surface area contributed by atoms with Gasteiger partial charge in [0.2, 0.25) is 0 Å². The second kappa shape index (κ2) is 8.65. The van der Waals surface area contributed by atoms with Gasteiger partial charge in [-0.25, -0.2) is 9.07 Å². The molecular formula is C19H20ClFN4OS. The van der Waals surface area contributed by atoms with Crippen LogP contribution in [0.25, 0.3) is 11.4 Å². The first-order valence-electron chi connectivity index (χ1n) is 8.41. The SMILES string of the molecule is CN(CCOc1ccc(Cl)cc1)Cn1nc(-c2ccccc2F)n(C)c1=S. The summed E-state index contributed by atoms with van der Waals surface area (Å²) in [4.78, 5) is 2.03. The van der Waals surface area contributed by atoms with Crippen molar-refractivity contribution in [2.24, 2.45) is 7.05 Å². The Morgan fingerprint density at radius 1 is 1.19 bits per heavy atom. The molecule has 1 aromatic heterocycles. The summed E-state index contributed by atoms with van der Waals surface area (Å²) in [6.07, 6.45) is 0. The zero-order chi connectivity index (χ0) is 19.4. The lowest BCUT2D eigenvalue weighted by molar-refractivity contribution is 0.198. The fourth-order valence-corrected chi connectivity index (χ4v) is 2.92. The quantitative estimate of drug-likeness (QED) is 0.545. The molecule has 1 heterocycles. The predicted octanol–water partition coefficient (Wildman–Crippen LogP) is 4.38. The van der Waals surface area contributed by atoms with Gasteiger partial charge in [0, 0.05) is 18.6 Å². The Morgan fingerprint density at radius 2 is 1.89 bits per heavy atom. The van der Waals surface area contributed by atoms with Crippen LogP contribution >= 0.6 is 23.8 Å². The van der Waals surface area contributed by atoms with E-state index in [0.717, 1.165) is 5.75 Å². The number of aromatic nitrogens is 3. The summed E-state index contributed by atoms with van der Waals surface area (Å²) >= 11 is 11.3. The molecule has 0 fully saturated rings. The summed E-state index contributed by atoms with van der Waals surface area (Å²) in [5.74, 6) is 0.950. The maximum Gasteiger partial charge on any atom is 0.199 e. The van der Waals surface area contributed by atoms with E-state index in [4.69, 9.17) is 28.6 Å². The first kappa shape index (κ1) is 19.5. The lowest BCUT2D eigenvalue weighted by Crippen LogP contribution is -2.27. The number of hydrogen-bond donors (Lipinski definition) is 0. The molecule has 3 rings (SSSR count). The topological polar surface area (TPSA) is 35.2 Å². The summed E-state index contributed by atoms with van der Waals surface area (Å²) in [7, 11) is 3.74. The highest BCUT2D eigenvalue weighted by Gasteiger charge is 2.14. The predicted molar refractivity (Wildman–Crippen MR) is 107 cm³/mol. The van der Waals surface area contributed by atoms with E-state index in [0.29, 0.717) is 41.0 Å². The number of rotatable bonds is 7. The van der Waals surface area contributed by atoms with Gasteiger partial charge in [0.05, 0.1) is 12.2 Å². The average Bonchev–Trinajstić information content (AvgIpc) is 2.92. The molecule has 0 aliphatic carbocycles. The number of likely N-dealkylation sites (N-methyl/N-ethyl adjacent to an activating group) is 1. The second-order valence-corrected chi connectivity index (χ2v) is 6.97. The number of ether oxygens (including phenoxy) is 1. The van der Waals surface area contributed by atoms with Gasteiger partial charge >= 0.3 is 0 Å². The molecule has 0 N–H and O–H groups in total. The maximum atomic E-state index is 14.1. The number of halogens is 2. The highest BCUT2D eigenvalue weighted by Crippen LogP contribution is 2.20. The van der Waals surface area contributed by atoms with Crippen molar-refractivity contribution in [3.05, 3.63) is 64.1 Å². The van der Waals surface area contributed by atoms with Gasteiger partial charge in [-0.3, -0.25) is 4.90 Å². The van der Waals surface area contributed by atoms with Crippen LogP contribution in [-0.4, -0.2) is 39.4 Å². The van der Waals surface area contributed by atoms with E-state index in [2.05, 4.69) is 5.10 Å². The van der Waals surface area contributed by atoms with Gasteiger partial charge in [-0.1, -0.05) is 23.7 Å². The van der Waals surface area contributed by atoms with Gasteiger partial charge < -0.3 is 9.30 Å². The summed E-state index contributed by atoms with van der Waals surface area (Å²) in [5, 5.41) is 5.17. The van der Waals surface area contributed by atoms with Crippen LogP contribution in [0.3, 0.4) is 0 Å². The van der Waals surface area contributed by atoms with E-state index in [1.54, 1.807) is 46.6 Å². The monoisotopic (exact) mass is 406 g/mol. The summed E-state index contributed by atoms with van der Waals surface area (Å²) in [6.45, 7) is 1.67. The molecule has 0 amide bonds. The third-order valence-electron chi connectivity index (χ3n) is 4.09. The molecule has 5 nitrogen and oxygen atoms in total. The minimum atomic E-state index is -0.322. The van der Waals surface area contributed by atoms with Crippen molar-refractivity contribution in [3.63, 3.8) is 0 Å². The molecule has 0 aliphatic heterocycles. The summed E-state index contributed by atoms with van der Waals surface area (Å²) in [6, 6.07) is 13.8. The van der Waals surface area contributed by atoms with Crippen LogP contribution < -0.4 is 4.74 Å². The highest BCUT2D eigenvalue weighted by atomic mass is 35.5. The van der Waals surface area contributed by atoms with Crippen molar-refractivity contribution >= 4 is 23.8 Å². The second-order valence-electron chi connectivity index (χ2n) is 6.17. The fourth-order valence-electron chi connectivity index (χ4n) is 2.61. The van der Waals surface area contributed by atoms with Crippen molar-refractivity contribution < 1.29 is 9.13 Å². The minimum Gasteiger partial charge on any atom is -0.492 e.